The third-order valence-electron chi connectivity index (χ3n) is 2.10. The number of carbonyl (C=O) groups is 1. The number of nitrogens with one attached hydrogen (secondary N) is 1. The predicted octanol–water partition coefficient (Wildman–Crippen LogP) is 1.04. The molecule has 0 aliphatic heterocycles. The van der Waals surface area contributed by atoms with Crippen molar-refractivity contribution in [2.75, 3.05) is 6.54 Å². The summed E-state index contributed by atoms with van der Waals surface area (Å²) >= 11 is 0. The number of benzene rings is 1. The number of hydrogen-bond acceptors (Lipinski definition) is 2. The van der Waals surface area contributed by atoms with Crippen molar-refractivity contribution >= 4 is 5.91 Å². The molecule has 16 heavy (non-hydrogen) atoms. The van der Waals surface area contributed by atoms with Gasteiger partial charge in [-0.05, 0) is 12.1 Å². The van der Waals surface area contributed by atoms with Crippen molar-refractivity contribution in [2.45, 2.75) is 13.0 Å². The van der Waals surface area contributed by atoms with E-state index in [9.17, 15) is 9.18 Å². The Balaban J connectivity index is 2.62. The monoisotopic (exact) mass is 220 g/mol. The second-order valence-corrected chi connectivity index (χ2v) is 3.30. The lowest BCUT2D eigenvalue weighted by atomic mass is 10.1. The molecule has 1 rings (SSSR count). The van der Waals surface area contributed by atoms with Crippen LogP contribution in [-0.2, 0) is 6.54 Å². The van der Waals surface area contributed by atoms with Crippen LogP contribution in [0.25, 0.3) is 0 Å². The number of amides is 1. The Morgan fingerprint density at radius 2 is 2.31 bits per heavy atom. The summed E-state index contributed by atoms with van der Waals surface area (Å²) in [6, 6.07) is 4.18. The van der Waals surface area contributed by atoms with Gasteiger partial charge in [-0.1, -0.05) is 6.07 Å². The fourth-order valence-corrected chi connectivity index (χ4v) is 1.23. The molecule has 1 aromatic carbocycles. The Labute approximate surface area is 93.8 Å². The average molecular weight is 220 g/mol. The van der Waals surface area contributed by atoms with Gasteiger partial charge in [0.1, 0.15) is 5.82 Å². The first-order valence-electron chi connectivity index (χ1n) is 4.87. The van der Waals surface area contributed by atoms with Gasteiger partial charge in [0.2, 0.25) is 5.91 Å². The van der Waals surface area contributed by atoms with Gasteiger partial charge in [0.05, 0.1) is 0 Å². The molecule has 1 aromatic rings. The highest BCUT2D eigenvalue weighted by atomic mass is 19.1. The highest BCUT2D eigenvalue weighted by Gasteiger charge is 2.06. The first kappa shape index (κ1) is 12.2. The standard InChI is InChI=1S/C12H13FN2O/c1-2-3-6-15-8-10-5-4-9(12(14)16)7-11(10)13/h1,4-5,7,15H,3,6,8H2,(H2,14,16). The Morgan fingerprint density at radius 1 is 1.56 bits per heavy atom. The molecule has 3 N–H and O–H groups in total. The van der Waals surface area contributed by atoms with Gasteiger partial charge < -0.3 is 11.1 Å². The quantitative estimate of drug-likeness (QED) is 0.575. The van der Waals surface area contributed by atoms with Gasteiger partial charge in [0.25, 0.3) is 0 Å². The zero-order chi connectivity index (χ0) is 12.0. The summed E-state index contributed by atoms with van der Waals surface area (Å²) in [7, 11) is 0. The number of nitrogens with two attached hydrogens (primary N) is 1. The van der Waals surface area contributed by atoms with Crippen LogP contribution in [0.2, 0.25) is 0 Å². The Bertz CT molecular complexity index is 424. The highest BCUT2D eigenvalue weighted by Crippen LogP contribution is 2.09. The molecule has 0 aromatic heterocycles. The van der Waals surface area contributed by atoms with Crippen LogP contribution in [-0.4, -0.2) is 12.5 Å². The minimum atomic E-state index is -0.634. The van der Waals surface area contributed by atoms with Crippen molar-refractivity contribution in [3.63, 3.8) is 0 Å². The summed E-state index contributed by atoms with van der Waals surface area (Å²) in [4.78, 5) is 10.8. The molecule has 84 valence electrons. The fourth-order valence-electron chi connectivity index (χ4n) is 1.23. The zero-order valence-corrected chi connectivity index (χ0v) is 8.79. The van der Waals surface area contributed by atoms with Crippen molar-refractivity contribution in [1.82, 2.24) is 5.32 Å². The number of rotatable bonds is 5. The topological polar surface area (TPSA) is 55.1 Å². The van der Waals surface area contributed by atoms with Crippen LogP contribution in [0, 0.1) is 18.2 Å². The molecule has 0 radical (unpaired) electrons. The first-order valence-corrected chi connectivity index (χ1v) is 4.87. The molecule has 1 amide bonds. The molecule has 0 aliphatic rings. The van der Waals surface area contributed by atoms with E-state index in [0.29, 0.717) is 25.1 Å². The van der Waals surface area contributed by atoms with E-state index in [1.807, 2.05) is 0 Å². The lowest BCUT2D eigenvalue weighted by Crippen LogP contribution is -2.16. The number of primary amides is 1. The molecule has 0 bridgehead atoms. The van der Waals surface area contributed by atoms with Crippen molar-refractivity contribution in [1.29, 1.82) is 0 Å². The van der Waals surface area contributed by atoms with Crippen LogP contribution >= 0.6 is 0 Å². The van der Waals surface area contributed by atoms with E-state index in [1.165, 1.54) is 12.1 Å². The molecule has 0 saturated heterocycles. The van der Waals surface area contributed by atoms with Gasteiger partial charge in [0, 0.05) is 30.6 Å². The highest BCUT2D eigenvalue weighted by molar-refractivity contribution is 5.92. The Hall–Kier alpha value is -1.86. The normalized spacial score (nSPS) is 9.75. The van der Waals surface area contributed by atoms with Gasteiger partial charge >= 0.3 is 0 Å². The fraction of sp³-hybridized carbons (Fsp3) is 0.250. The van der Waals surface area contributed by atoms with Gasteiger partial charge in [0.15, 0.2) is 0 Å². The second-order valence-electron chi connectivity index (χ2n) is 3.30. The maximum Gasteiger partial charge on any atom is 0.248 e. The maximum absolute atomic E-state index is 13.4. The SMILES string of the molecule is C#CCCNCc1ccc(C(N)=O)cc1F. The molecule has 0 spiro atoms. The smallest absolute Gasteiger partial charge is 0.248 e. The van der Waals surface area contributed by atoms with Crippen LogP contribution in [0.4, 0.5) is 4.39 Å². The molecule has 4 heteroatoms. The van der Waals surface area contributed by atoms with Crippen LogP contribution in [0.5, 0.6) is 0 Å². The molecular weight excluding hydrogens is 207 g/mol. The van der Waals surface area contributed by atoms with Crippen molar-refractivity contribution in [3.05, 3.63) is 35.1 Å². The molecule has 0 aliphatic carbocycles. The van der Waals surface area contributed by atoms with E-state index in [0.717, 1.165) is 6.07 Å². The summed E-state index contributed by atoms with van der Waals surface area (Å²) < 4.78 is 13.4. The van der Waals surface area contributed by atoms with E-state index in [2.05, 4.69) is 11.2 Å². The minimum Gasteiger partial charge on any atom is -0.366 e. The molecule has 0 unspecified atom stereocenters. The number of terminal acetylenes is 1. The average Bonchev–Trinajstić information content (AvgIpc) is 2.26. The maximum atomic E-state index is 13.4. The van der Waals surface area contributed by atoms with E-state index < -0.39 is 11.7 Å². The number of halogens is 1. The third-order valence-corrected chi connectivity index (χ3v) is 2.10. The van der Waals surface area contributed by atoms with Gasteiger partial charge in [-0.3, -0.25) is 4.79 Å². The lowest BCUT2D eigenvalue weighted by Gasteiger charge is -2.05. The molecular formula is C12H13FN2O. The van der Waals surface area contributed by atoms with E-state index in [4.69, 9.17) is 12.2 Å². The Kier molecular flexibility index (Phi) is 4.49. The summed E-state index contributed by atoms with van der Waals surface area (Å²) in [6.07, 6.45) is 5.67. The van der Waals surface area contributed by atoms with Gasteiger partial charge in [-0.25, -0.2) is 4.39 Å². The first-order chi connectivity index (χ1) is 7.65. The second kappa shape index (κ2) is 5.89. The van der Waals surface area contributed by atoms with Crippen LogP contribution in [0.3, 0.4) is 0 Å². The van der Waals surface area contributed by atoms with Crippen LogP contribution in [0.1, 0.15) is 22.3 Å². The van der Waals surface area contributed by atoms with E-state index in [1.54, 1.807) is 0 Å². The van der Waals surface area contributed by atoms with E-state index >= 15 is 0 Å². The largest absolute Gasteiger partial charge is 0.366 e. The Morgan fingerprint density at radius 3 is 2.88 bits per heavy atom. The molecule has 0 heterocycles. The van der Waals surface area contributed by atoms with E-state index in [-0.39, 0.29) is 5.56 Å². The van der Waals surface area contributed by atoms with Gasteiger partial charge in [-0.2, -0.15) is 0 Å². The molecule has 0 saturated carbocycles. The lowest BCUT2D eigenvalue weighted by molar-refractivity contribution is 0.1000. The van der Waals surface area contributed by atoms with Crippen LogP contribution in [0.15, 0.2) is 18.2 Å². The summed E-state index contributed by atoms with van der Waals surface area (Å²) in [5, 5.41) is 2.99. The zero-order valence-electron chi connectivity index (χ0n) is 8.79. The molecule has 0 fully saturated rings. The summed E-state index contributed by atoms with van der Waals surface area (Å²) in [5.74, 6) is 1.40. The minimum absolute atomic E-state index is 0.171. The van der Waals surface area contributed by atoms with Crippen molar-refractivity contribution < 1.29 is 9.18 Å². The van der Waals surface area contributed by atoms with Crippen molar-refractivity contribution in [3.8, 4) is 12.3 Å². The van der Waals surface area contributed by atoms with Crippen LogP contribution < -0.4 is 11.1 Å². The number of hydrogen-bond donors (Lipinski definition) is 2. The summed E-state index contributed by atoms with van der Waals surface area (Å²) in [5.41, 5.74) is 5.69. The number of carbonyl (C=O) groups excluding carboxylic acids is 1. The third kappa shape index (κ3) is 3.37. The molecule has 3 nitrogen and oxygen atoms in total. The predicted molar refractivity (Wildman–Crippen MR) is 60.1 cm³/mol. The molecule has 0 atom stereocenters. The summed E-state index contributed by atoms with van der Waals surface area (Å²) in [6.45, 7) is 1.01. The van der Waals surface area contributed by atoms with Gasteiger partial charge in [-0.15, -0.1) is 12.3 Å². The van der Waals surface area contributed by atoms with Crippen molar-refractivity contribution in [2.24, 2.45) is 5.73 Å².